The van der Waals surface area contributed by atoms with Crippen LogP contribution < -0.4 is 10.2 Å². The monoisotopic (exact) mass is 456 g/mol. The average molecular weight is 457 g/mol. The molecule has 1 N–H and O–H groups in total. The molecular weight excluding hydrogens is 424 g/mol. The minimum absolute atomic E-state index is 0.0136. The third-order valence-corrected chi connectivity index (χ3v) is 4.25. The number of unbranched alkanes of at least 4 members (excludes halogenated alkanes) is 2. The molecule has 33 heavy (non-hydrogen) atoms. The number of carbonyl (C=O) groups excluding carboxylic acids is 3. The minimum atomic E-state index is -0.972. The van der Waals surface area contributed by atoms with E-state index < -0.39 is 24.1 Å². The maximum Gasteiger partial charge on any atom is 0.407 e. The number of ether oxygens (including phenoxy) is 3. The number of rotatable bonds is 12. The molecule has 0 fully saturated rings. The normalized spacial score (nSPS) is 10.4. The molecule has 0 heterocycles. The Balaban J connectivity index is 2.29. The highest BCUT2D eigenvalue weighted by atomic mass is 16.6. The number of hydrogen-bond acceptors (Lipinski definition) is 7. The number of nitrogens with zero attached hydrogens (tertiary/aromatic N) is 1. The van der Waals surface area contributed by atoms with Crippen LogP contribution in [-0.4, -0.2) is 50.9 Å². The molecule has 0 aliphatic rings. The van der Waals surface area contributed by atoms with Gasteiger partial charge < -0.3 is 24.4 Å². The van der Waals surface area contributed by atoms with E-state index in [0.29, 0.717) is 12.8 Å². The number of nitrogens with one attached hydrogen (secondary N) is 1. The molecule has 8 nitrogen and oxygen atoms in total. The molecular formula is C25H32N2O6. The molecule has 8 heteroatoms. The fraction of sp³-hybridized carbons (Fsp3) is 0.480. The maximum absolute atomic E-state index is 12.0. The molecule has 1 rings (SSSR count). The van der Waals surface area contributed by atoms with Gasteiger partial charge in [-0.3, -0.25) is 4.79 Å². The SMILES string of the molecule is CCOC(=O)CCC(NC(=O)OCCCCC#CC#CN(C)c1ccccc1)C(=O)OCC. The zero-order chi connectivity index (χ0) is 24.3. The summed E-state index contributed by atoms with van der Waals surface area (Å²) in [6, 6.07) is 11.7. The maximum atomic E-state index is 12.0. The molecule has 0 radical (unpaired) electrons. The van der Waals surface area contributed by atoms with E-state index in [1.807, 2.05) is 37.4 Å². The van der Waals surface area contributed by atoms with Crippen LogP contribution in [-0.2, 0) is 23.8 Å². The first-order valence-electron chi connectivity index (χ1n) is 11.0. The van der Waals surface area contributed by atoms with Crippen molar-refractivity contribution < 1.29 is 28.6 Å². The van der Waals surface area contributed by atoms with Gasteiger partial charge in [-0.15, -0.1) is 0 Å². The molecule has 178 valence electrons. The van der Waals surface area contributed by atoms with Crippen LogP contribution in [0, 0.1) is 23.8 Å². The van der Waals surface area contributed by atoms with Crippen molar-refractivity contribution in [1.82, 2.24) is 5.32 Å². The van der Waals surface area contributed by atoms with Gasteiger partial charge in [-0.2, -0.15) is 0 Å². The summed E-state index contributed by atoms with van der Waals surface area (Å²) < 4.78 is 14.9. The number of carbonyl (C=O) groups is 3. The second-order valence-electron chi connectivity index (χ2n) is 6.82. The Hall–Kier alpha value is -3.65. The van der Waals surface area contributed by atoms with Gasteiger partial charge in [0.2, 0.25) is 0 Å². The van der Waals surface area contributed by atoms with Crippen molar-refractivity contribution in [3.8, 4) is 23.8 Å². The van der Waals surface area contributed by atoms with Gasteiger partial charge in [-0.25, -0.2) is 9.59 Å². The molecule has 0 saturated carbocycles. The standard InChI is InChI=1S/C25H32N2O6/c1-4-31-23(28)18-17-22(24(29)32-5-2)26-25(30)33-20-14-9-7-6-8-13-19-27(3)21-15-11-10-12-16-21/h10-12,15-16,22H,4-5,7,9,14,17-18,20H2,1-3H3,(H,26,30). The quantitative estimate of drug-likeness (QED) is 0.170. The van der Waals surface area contributed by atoms with Crippen LogP contribution in [0.25, 0.3) is 0 Å². The third kappa shape index (κ3) is 12.7. The van der Waals surface area contributed by atoms with Gasteiger partial charge in [0.25, 0.3) is 0 Å². The zero-order valence-corrected chi connectivity index (χ0v) is 19.5. The van der Waals surface area contributed by atoms with Crippen molar-refractivity contribution in [2.45, 2.75) is 52.0 Å². The van der Waals surface area contributed by atoms with Crippen LogP contribution in [0.15, 0.2) is 30.3 Å². The summed E-state index contributed by atoms with van der Waals surface area (Å²) in [6.45, 7) is 3.96. The fourth-order valence-electron chi connectivity index (χ4n) is 2.59. The van der Waals surface area contributed by atoms with Crippen LogP contribution in [0.5, 0.6) is 0 Å². The van der Waals surface area contributed by atoms with Crippen molar-refractivity contribution in [2.24, 2.45) is 0 Å². The lowest BCUT2D eigenvalue weighted by Gasteiger charge is -2.16. The lowest BCUT2D eigenvalue weighted by Crippen LogP contribution is -2.42. The van der Waals surface area contributed by atoms with Crippen LogP contribution in [0.4, 0.5) is 10.5 Å². The largest absolute Gasteiger partial charge is 0.466 e. The molecule has 1 amide bonds. The Morgan fingerprint density at radius 1 is 1.00 bits per heavy atom. The van der Waals surface area contributed by atoms with Gasteiger partial charge in [0.15, 0.2) is 0 Å². The molecule has 1 aromatic rings. The van der Waals surface area contributed by atoms with Gasteiger partial charge in [-0.1, -0.05) is 24.1 Å². The van der Waals surface area contributed by atoms with E-state index in [1.165, 1.54) is 0 Å². The highest BCUT2D eigenvalue weighted by molar-refractivity contribution is 5.82. The Kier molecular flexibility index (Phi) is 14.1. The molecule has 0 aliphatic heterocycles. The smallest absolute Gasteiger partial charge is 0.407 e. The van der Waals surface area contributed by atoms with E-state index in [1.54, 1.807) is 18.7 Å². The molecule has 0 aromatic heterocycles. The van der Waals surface area contributed by atoms with Crippen molar-refractivity contribution in [3.05, 3.63) is 30.3 Å². The lowest BCUT2D eigenvalue weighted by atomic mass is 10.1. The highest BCUT2D eigenvalue weighted by Gasteiger charge is 2.23. The van der Waals surface area contributed by atoms with E-state index >= 15 is 0 Å². The molecule has 0 spiro atoms. The van der Waals surface area contributed by atoms with E-state index in [4.69, 9.17) is 14.2 Å². The van der Waals surface area contributed by atoms with E-state index in [2.05, 4.69) is 29.1 Å². The summed E-state index contributed by atoms with van der Waals surface area (Å²) in [7, 11) is 1.87. The molecule has 1 aromatic carbocycles. The summed E-state index contributed by atoms with van der Waals surface area (Å²) in [6.07, 6.45) is 1.30. The number of alkyl carbamates (subject to hydrolysis) is 1. The van der Waals surface area contributed by atoms with Gasteiger partial charge >= 0.3 is 18.0 Å². The Morgan fingerprint density at radius 3 is 2.42 bits per heavy atom. The Bertz CT molecular complexity index is 864. The first kappa shape index (κ1) is 27.4. The number of benzene rings is 1. The van der Waals surface area contributed by atoms with Crippen LogP contribution in [0.2, 0.25) is 0 Å². The van der Waals surface area contributed by atoms with Gasteiger partial charge in [0.1, 0.15) is 6.04 Å². The van der Waals surface area contributed by atoms with Crippen LogP contribution in [0.1, 0.15) is 46.0 Å². The molecule has 0 aliphatic carbocycles. The van der Waals surface area contributed by atoms with Gasteiger partial charge in [-0.05, 0) is 51.2 Å². The molecule has 1 unspecified atom stereocenters. The molecule has 1 atom stereocenters. The fourth-order valence-corrected chi connectivity index (χ4v) is 2.59. The highest BCUT2D eigenvalue weighted by Crippen LogP contribution is 2.09. The minimum Gasteiger partial charge on any atom is -0.466 e. The summed E-state index contributed by atoms with van der Waals surface area (Å²) in [5.41, 5.74) is 0.994. The second-order valence-corrected chi connectivity index (χ2v) is 6.82. The summed E-state index contributed by atoms with van der Waals surface area (Å²) in [5, 5.41) is 2.45. The third-order valence-electron chi connectivity index (χ3n) is 4.25. The summed E-state index contributed by atoms with van der Waals surface area (Å²) in [5.74, 6) is 7.52. The number of anilines is 1. The predicted molar refractivity (Wildman–Crippen MR) is 125 cm³/mol. The summed E-state index contributed by atoms with van der Waals surface area (Å²) in [4.78, 5) is 37.3. The van der Waals surface area contributed by atoms with Crippen molar-refractivity contribution >= 4 is 23.7 Å². The average Bonchev–Trinajstić information content (AvgIpc) is 2.81. The Labute approximate surface area is 195 Å². The topological polar surface area (TPSA) is 94.2 Å². The number of hydrogen-bond donors (Lipinski definition) is 1. The zero-order valence-electron chi connectivity index (χ0n) is 19.5. The van der Waals surface area contributed by atoms with E-state index in [-0.39, 0.29) is 32.7 Å². The van der Waals surface area contributed by atoms with E-state index in [9.17, 15) is 14.4 Å². The second kappa shape index (κ2) is 17.0. The summed E-state index contributed by atoms with van der Waals surface area (Å²) >= 11 is 0. The van der Waals surface area contributed by atoms with Gasteiger partial charge in [0, 0.05) is 37.5 Å². The van der Waals surface area contributed by atoms with Crippen LogP contribution in [0.3, 0.4) is 0 Å². The molecule has 0 saturated heterocycles. The van der Waals surface area contributed by atoms with E-state index in [0.717, 1.165) is 12.1 Å². The first-order chi connectivity index (χ1) is 16.0. The van der Waals surface area contributed by atoms with Gasteiger partial charge in [0.05, 0.1) is 19.8 Å². The lowest BCUT2D eigenvalue weighted by molar-refractivity contribution is -0.147. The van der Waals surface area contributed by atoms with Crippen molar-refractivity contribution in [3.63, 3.8) is 0 Å². The number of amides is 1. The predicted octanol–water partition coefficient (Wildman–Crippen LogP) is 3.26. The number of para-hydroxylation sites is 1. The van der Waals surface area contributed by atoms with Crippen molar-refractivity contribution in [2.75, 3.05) is 31.8 Å². The number of esters is 2. The molecule has 0 bridgehead atoms. The van der Waals surface area contributed by atoms with Crippen molar-refractivity contribution in [1.29, 1.82) is 0 Å². The first-order valence-corrected chi connectivity index (χ1v) is 11.0. The van der Waals surface area contributed by atoms with Crippen LogP contribution >= 0.6 is 0 Å². The Morgan fingerprint density at radius 2 is 1.73 bits per heavy atom.